The van der Waals surface area contributed by atoms with E-state index >= 15 is 0 Å². The molecule has 0 fully saturated rings. The lowest BCUT2D eigenvalue weighted by Gasteiger charge is -2.22. The molecule has 0 aliphatic carbocycles. The summed E-state index contributed by atoms with van der Waals surface area (Å²) in [4.78, 5) is 0. The summed E-state index contributed by atoms with van der Waals surface area (Å²) in [6, 6.07) is 4.20. The number of aryl methyl sites for hydroxylation is 2. The summed E-state index contributed by atoms with van der Waals surface area (Å²) in [6.07, 6.45) is 0. The highest BCUT2D eigenvalue weighted by Gasteiger charge is 2.18. The molecule has 78 valence electrons. The minimum atomic E-state index is -1.49. The standard InChI is InChI=1S/C11H17BrOSi/c1-8-6-10(12)7-9(2)11(8)13-14(3,4)5/h6-7H,1-5H3. The van der Waals surface area contributed by atoms with Gasteiger partial charge in [-0.2, -0.15) is 0 Å². The van der Waals surface area contributed by atoms with Crippen LogP contribution in [0.15, 0.2) is 16.6 Å². The van der Waals surface area contributed by atoms with Crippen molar-refractivity contribution in [1.29, 1.82) is 0 Å². The van der Waals surface area contributed by atoms with Crippen LogP contribution in [-0.4, -0.2) is 8.32 Å². The third-order valence-electron chi connectivity index (χ3n) is 1.83. The molecule has 1 aromatic rings. The van der Waals surface area contributed by atoms with E-state index in [0.29, 0.717) is 0 Å². The van der Waals surface area contributed by atoms with Crippen LogP contribution in [0.3, 0.4) is 0 Å². The zero-order valence-electron chi connectivity index (χ0n) is 9.44. The Balaban J connectivity index is 3.09. The van der Waals surface area contributed by atoms with Gasteiger partial charge >= 0.3 is 0 Å². The van der Waals surface area contributed by atoms with Gasteiger partial charge in [0.1, 0.15) is 5.75 Å². The van der Waals surface area contributed by atoms with Crippen LogP contribution in [0, 0.1) is 13.8 Å². The maximum absolute atomic E-state index is 6.04. The second-order valence-electron chi connectivity index (χ2n) is 4.58. The first-order valence-electron chi connectivity index (χ1n) is 4.75. The van der Waals surface area contributed by atoms with E-state index in [1.165, 1.54) is 11.1 Å². The van der Waals surface area contributed by atoms with Gasteiger partial charge < -0.3 is 4.43 Å². The van der Waals surface area contributed by atoms with Crippen molar-refractivity contribution in [1.82, 2.24) is 0 Å². The third kappa shape index (κ3) is 3.14. The number of hydrogen-bond donors (Lipinski definition) is 0. The molecular weight excluding hydrogens is 256 g/mol. The maximum atomic E-state index is 6.04. The molecule has 0 aliphatic rings. The van der Waals surface area contributed by atoms with Crippen LogP contribution in [-0.2, 0) is 0 Å². The lowest BCUT2D eigenvalue weighted by molar-refractivity contribution is 0.548. The van der Waals surface area contributed by atoms with Gasteiger partial charge in [-0.3, -0.25) is 0 Å². The van der Waals surface area contributed by atoms with Crippen molar-refractivity contribution in [3.63, 3.8) is 0 Å². The smallest absolute Gasteiger partial charge is 0.242 e. The van der Waals surface area contributed by atoms with Gasteiger partial charge in [-0.1, -0.05) is 15.9 Å². The Morgan fingerprint density at radius 1 is 1.07 bits per heavy atom. The Hall–Kier alpha value is -0.283. The summed E-state index contributed by atoms with van der Waals surface area (Å²) in [7, 11) is -1.49. The van der Waals surface area contributed by atoms with Crippen LogP contribution in [0.2, 0.25) is 19.6 Å². The lowest BCUT2D eigenvalue weighted by Crippen LogP contribution is -2.30. The normalized spacial score (nSPS) is 11.6. The fourth-order valence-electron chi connectivity index (χ4n) is 1.36. The van der Waals surface area contributed by atoms with E-state index in [4.69, 9.17) is 4.43 Å². The van der Waals surface area contributed by atoms with Gasteiger partial charge in [0, 0.05) is 4.47 Å². The highest BCUT2D eigenvalue weighted by atomic mass is 79.9. The van der Waals surface area contributed by atoms with Crippen molar-refractivity contribution in [3.8, 4) is 5.75 Å². The average molecular weight is 273 g/mol. The molecule has 0 amide bonds. The molecule has 0 aliphatic heterocycles. The first-order chi connectivity index (χ1) is 6.29. The fourth-order valence-corrected chi connectivity index (χ4v) is 2.99. The van der Waals surface area contributed by atoms with Crippen molar-refractivity contribution in [2.75, 3.05) is 0 Å². The molecule has 0 spiro atoms. The highest BCUT2D eigenvalue weighted by Crippen LogP contribution is 2.29. The van der Waals surface area contributed by atoms with Crippen LogP contribution < -0.4 is 4.43 Å². The van der Waals surface area contributed by atoms with Gasteiger partial charge in [0.15, 0.2) is 0 Å². The molecule has 0 saturated heterocycles. The van der Waals surface area contributed by atoms with Crippen molar-refractivity contribution in [2.45, 2.75) is 33.5 Å². The Bertz CT molecular complexity index is 319. The molecule has 0 N–H and O–H groups in total. The van der Waals surface area contributed by atoms with Gasteiger partial charge in [0.2, 0.25) is 8.32 Å². The average Bonchev–Trinajstić information content (AvgIpc) is 1.95. The number of halogens is 1. The first-order valence-corrected chi connectivity index (χ1v) is 8.95. The summed E-state index contributed by atoms with van der Waals surface area (Å²) in [6.45, 7) is 10.8. The molecule has 0 radical (unpaired) electrons. The summed E-state index contributed by atoms with van der Waals surface area (Å²) >= 11 is 3.48. The molecule has 0 aromatic heterocycles. The summed E-state index contributed by atoms with van der Waals surface area (Å²) < 4.78 is 7.16. The highest BCUT2D eigenvalue weighted by molar-refractivity contribution is 9.10. The number of hydrogen-bond acceptors (Lipinski definition) is 1. The summed E-state index contributed by atoms with van der Waals surface area (Å²) in [5, 5.41) is 0. The molecule has 0 atom stereocenters. The molecule has 1 rings (SSSR count). The Labute approximate surface area is 95.7 Å². The quantitative estimate of drug-likeness (QED) is 0.731. The molecular formula is C11H17BrOSi. The number of benzene rings is 1. The zero-order valence-corrected chi connectivity index (χ0v) is 12.0. The minimum Gasteiger partial charge on any atom is -0.544 e. The van der Waals surface area contributed by atoms with E-state index in [2.05, 4.69) is 61.6 Å². The predicted octanol–water partition coefficient (Wildman–Crippen LogP) is 4.28. The van der Waals surface area contributed by atoms with E-state index in [0.717, 1.165) is 10.2 Å². The summed E-state index contributed by atoms with van der Waals surface area (Å²) in [5.41, 5.74) is 2.42. The second kappa shape index (κ2) is 4.07. The van der Waals surface area contributed by atoms with Gasteiger partial charge in [-0.05, 0) is 56.7 Å². The molecule has 1 nitrogen and oxygen atoms in total. The fraction of sp³-hybridized carbons (Fsp3) is 0.455. The van der Waals surface area contributed by atoms with Crippen molar-refractivity contribution >= 4 is 24.2 Å². The Morgan fingerprint density at radius 3 is 1.86 bits per heavy atom. The van der Waals surface area contributed by atoms with E-state index < -0.39 is 8.32 Å². The predicted molar refractivity (Wildman–Crippen MR) is 67.6 cm³/mol. The topological polar surface area (TPSA) is 9.23 Å². The van der Waals surface area contributed by atoms with E-state index in [-0.39, 0.29) is 0 Å². The molecule has 0 unspecified atom stereocenters. The van der Waals surface area contributed by atoms with Crippen LogP contribution in [0.5, 0.6) is 5.75 Å². The number of rotatable bonds is 2. The van der Waals surface area contributed by atoms with Crippen molar-refractivity contribution < 1.29 is 4.43 Å². The Kier molecular flexibility index (Phi) is 3.43. The molecule has 0 heterocycles. The lowest BCUT2D eigenvalue weighted by atomic mass is 10.1. The van der Waals surface area contributed by atoms with Crippen LogP contribution in [0.4, 0.5) is 0 Å². The van der Waals surface area contributed by atoms with Crippen molar-refractivity contribution in [2.24, 2.45) is 0 Å². The van der Waals surface area contributed by atoms with Gasteiger partial charge in [-0.15, -0.1) is 0 Å². The Morgan fingerprint density at radius 2 is 1.50 bits per heavy atom. The minimum absolute atomic E-state index is 1.06. The van der Waals surface area contributed by atoms with Gasteiger partial charge in [0.25, 0.3) is 0 Å². The first kappa shape index (κ1) is 11.8. The van der Waals surface area contributed by atoms with Gasteiger partial charge in [-0.25, -0.2) is 0 Å². The second-order valence-corrected chi connectivity index (χ2v) is 9.93. The third-order valence-corrected chi connectivity index (χ3v) is 3.11. The van der Waals surface area contributed by atoms with E-state index in [9.17, 15) is 0 Å². The summed E-state index contributed by atoms with van der Waals surface area (Å²) in [5.74, 6) is 1.06. The van der Waals surface area contributed by atoms with E-state index in [1.54, 1.807) is 0 Å². The van der Waals surface area contributed by atoms with E-state index in [1.807, 2.05) is 0 Å². The molecule has 0 bridgehead atoms. The molecule has 1 aromatic carbocycles. The van der Waals surface area contributed by atoms with Crippen LogP contribution in [0.1, 0.15) is 11.1 Å². The monoisotopic (exact) mass is 272 g/mol. The van der Waals surface area contributed by atoms with Crippen molar-refractivity contribution in [3.05, 3.63) is 27.7 Å². The molecule has 14 heavy (non-hydrogen) atoms. The largest absolute Gasteiger partial charge is 0.544 e. The SMILES string of the molecule is Cc1cc(Br)cc(C)c1O[Si](C)(C)C. The van der Waals surface area contributed by atoms with Crippen LogP contribution in [0.25, 0.3) is 0 Å². The van der Waals surface area contributed by atoms with Gasteiger partial charge in [0.05, 0.1) is 0 Å². The maximum Gasteiger partial charge on any atom is 0.242 e. The molecule has 3 heteroatoms. The van der Waals surface area contributed by atoms with Crippen LogP contribution >= 0.6 is 15.9 Å². The zero-order chi connectivity index (χ0) is 10.9. The molecule has 0 saturated carbocycles.